The van der Waals surface area contributed by atoms with Gasteiger partial charge in [0.1, 0.15) is 0 Å². The third-order valence-electron chi connectivity index (χ3n) is 0.471. The Morgan fingerprint density at radius 2 is 1.46 bits per heavy atom. The number of rotatable bonds is 4. The molecule has 74 valence electrons. The van der Waals surface area contributed by atoms with Crippen LogP contribution in [0.5, 0.6) is 0 Å². The Kier molecular flexibility index (Phi) is 17.1. The van der Waals surface area contributed by atoms with Crippen LogP contribution >= 0.6 is 0 Å². The van der Waals surface area contributed by atoms with Crippen LogP contribution in [0.4, 0.5) is 0 Å². The van der Waals surface area contributed by atoms with E-state index >= 15 is 0 Å². The van der Waals surface area contributed by atoms with Gasteiger partial charge in [-0.2, -0.15) is 8.42 Å². The molecule has 7 heteroatoms. The van der Waals surface area contributed by atoms with Gasteiger partial charge in [-0.3, -0.25) is 9.11 Å². The molecule has 0 bridgehead atoms. The van der Waals surface area contributed by atoms with Gasteiger partial charge in [-0.15, -0.1) is 13.2 Å². The van der Waals surface area contributed by atoms with Crippen LogP contribution in [0.2, 0.25) is 0 Å². The predicted octanol–water partition coefficient (Wildman–Crippen LogP) is -2.16. The van der Waals surface area contributed by atoms with Gasteiger partial charge in [0.15, 0.2) is 0 Å². The standard InChI is InChI=1S/C6H10O.Li.H2O4S.H/c1-3-5-7-6-4-2;;1-5(2,3)4;/h3-4H,1-2,5-6H2;;(H2,1,2,3,4);/q;+1;;-1. The summed E-state index contributed by atoms with van der Waals surface area (Å²) in [5.74, 6) is 0. The minimum Gasteiger partial charge on any atom is -1.00 e. The van der Waals surface area contributed by atoms with Crippen molar-refractivity contribution in [3.63, 3.8) is 0 Å². The van der Waals surface area contributed by atoms with E-state index < -0.39 is 10.4 Å². The molecule has 0 amide bonds. The van der Waals surface area contributed by atoms with E-state index in [1.807, 2.05) is 0 Å². The Labute approximate surface area is 91.7 Å². The maximum atomic E-state index is 8.74. The first kappa shape index (κ1) is 18.6. The number of ether oxygens (including phenoxy) is 1. The van der Waals surface area contributed by atoms with Gasteiger partial charge in [0.2, 0.25) is 0 Å². The van der Waals surface area contributed by atoms with Gasteiger partial charge in [0, 0.05) is 0 Å². The van der Waals surface area contributed by atoms with Crippen molar-refractivity contribution in [2.75, 3.05) is 13.2 Å². The van der Waals surface area contributed by atoms with Crippen LogP contribution < -0.4 is 18.9 Å². The Hall–Kier alpha value is -0.0926. The first-order valence-corrected chi connectivity index (χ1v) is 4.31. The summed E-state index contributed by atoms with van der Waals surface area (Å²) in [6, 6.07) is 0. The van der Waals surface area contributed by atoms with Crippen LogP contribution in [0.15, 0.2) is 25.3 Å². The smallest absolute Gasteiger partial charge is 1.00 e. The van der Waals surface area contributed by atoms with Gasteiger partial charge in [-0.25, -0.2) is 0 Å². The summed E-state index contributed by atoms with van der Waals surface area (Å²) in [7, 11) is -4.67. The molecule has 0 spiro atoms. The molecular formula is C6H13LiO5S. The van der Waals surface area contributed by atoms with Crippen LogP contribution in [0.3, 0.4) is 0 Å². The molecule has 0 radical (unpaired) electrons. The summed E-state index contributed by atoms with van der Waals surface area (Å²) >= 11 is 0. The first-order chi connectivity index (χ1) is 5.41. The van der Waals surface area contributed by atoms with Crippen molar-refractivity contribution in [3.8, 4) is 0 Å². The summed E-state index contributed by atoms with van der Waals surface area (Å²) in [5, 5.41) is 0. The van der Waals surface area contributed by atoms with E-state index in [-0.39, 0.29) is 20.3 Å². The summed E-state index contributed by atoms with van der Waals surface area (Å²) in [6.07, 6.45) is 3.42. The van der Waals surface area contributed by atoms with Gasteiger partial charge >= 0.3 is 29.3 Å². The molecule has 0 aromatic rings. The van der Waals surface area contributed by atoms with Gasteiger partial charge < -0.3 is 6.16 Å². The number of hydrogen-bond acceptors (Lipinski definition) is 3. The molecule has 0 aliphatic rings. The summed E-state index contributed by atoms with van der Waals surface area (Å²) in [5.41, 5.74) is 0. The monoisotopic (exact) mass is 204 g/mol. The van der Waals surface area contributed by atoms with Crippen molar-refractivity contribution in [2.24, 2.45) is 0 Å². The van der Waals surface area contributed by atoms with Crippen LogP contribution in [0.1, 0.15) is 1.43 Å². The minimum absolute atomic E-state index is 0. The fourth-order valence-electron chi connectivity index (χ4n) is 0.235. The molecule has 0 saturated carbocycles. The van der Waals surface area contributed by atoms with E-state index in [9.17, 15) is 0 Å². The molecule has 0 heterocycles. The topological polar surface area (TPSA) is 83.8 Å². The van der Waals surface area contributed by atoms with E-state index in [0.717, 1.165) is 0 Å². The van der Waals surface area contributed by atoms with Gasteiger partial charge in [0.25, 0.3) is 0 Å². The van der Waals surface area contributed by atoms with E-state index in [0.29, 0.717) is 13.2 Å². The molecule has 0 aromatic heterocycles. The molecule has 0 saturated heterocycles. The summed E-state index contributed by atoms with van der Waals surface area (Å²) in [4.78, 5) is 0. The Bertz CT molecular complexity index is 200. The van der Waals surface area contributed by atoms with Crippen LogP contribution in [0, 0.1) is 0 Å². The average molecular weight is 204 g/mol. The zero-order valence-corrected chi connectivity index (χ0v) is 8.33. The molecule has 13 heavy (non-hydrogen) atoms. The number of hydrogen-bond donors (Lipinski definition) is 2. The second-order valence-electron chi connectivity index (χ2n) is 1.56. The van der Waals surface area contributed by atoms with Crippen LogP contribution in [-0.2, 0) is 15.1 Å². The molecule has 0 rings (SSSR count). The molecule has 0 aliphatic carbocycles. The molecule has 0 unspecified atom stereocenters. The second-order valence-corrected chi connectivity index (χ2v) is 2.46. The molecule has 0 aliphatic heterocycles. The molecule has 0 aromatic carbocycles. The fraction of sp³-hybridized carbons (Fsp3) is 0.333. The quantitative estimate of drug-likeness (QED) is 0.236. The van der Waals surface area contributed by atoms with E-state index in [4.69, 9.17) is 22.3 Å². The maximum Gasteiger partial charge on any atom is 1.00 e. The van der Waals surface area contributed by atoms with Gasteiger partial charge in [-0.1, -0.05) is 12.2 Å². The molecular weight excluding hydrogens is 191 g/mol. The molecule has 2 N–H and O–H groups in total. The van der Waals surface area contributed by atoms with Crippen molar-refractivity contribution in [1.82, 2.24) is 0 Å². The molecule has 0 atom stereocenters. The van der Waals surface area contributed by atoms with Crippen molar-refractivity contribution in [1.29, 1.82) is 0 Å². The van der Waals surface area contributed by atoms with E-state index in [1.165, 1.54) is 0 Å². The Balaban J connectivity index is -0.0000000651. The second kappa shape index (κ2) is 11.9. The van der Waals surface area contributed by atoms with Crippen LogP contribution in [0.25, 0.3) is 0 Å². The van der Waals surface area contributed by atoms with Gasteiger partial charge in [0.05, 0.1) is 13.2 Å². The minimum atomic E-state index is -4.67. The van der Waals surface area contributed by atoms with E-state index in [2.05, 4.69) is 13.2 Å². The maximum absolute atomic E-state index is 8.74. The first-order valence-electron chi connectivity index (χ1n) is 2.91. The predicted molar refractivity (Wildman–Crippen MR) is 46.5 cm³/mol. The molecule has 5 nitrogen and oxygen atoms in total. The fourth-order valence-corrected chi connectivity index (χ4v) is 0.235. The SMILES string of the molecule is C=CCOCC=C.O=S(=O)(O)O.[H-].[Li+]. The van der Waals surface area contributed by atoms with Crippen molar-refractivity contribution in [3.05, 3.63) is 25.3 Å². The third-order valence-corrected chi connectivity index (χ3v) is 0.471. The van der Waals surface area contributed by atoms with Crippen molar-refractivity contribution in [2.45, 2.75) is 0 Å². The zero-order valence-electron chi connectivity index (χ0n) is 8.51. The zero-order chi connectivity index (χ0) is 10.0. The van der Waals surface area contributed by atoms with Crippen LogP contribution in [-0.4, -0.2) is 30.7 Å². The van der Waals surface area contributed by atoms with Crippen molar-refractivity contribution < 1.29 is 42.5 Å². The normalized spacial score (nSPS) is 8.77. The van der Waals surface area contributed by atoms with Crippen molar-refractivity contribution >= 4 is 10.4 Å². The van der Waals surface area contributed by atoms with E-state index in [1.54, 1.807) is 12.2 Å². The summed E-state index contributed by atoms with van der Waals surface area (Å²) < 4.78 is 36.5. The Morgan fingerprint density at radius 1 is 1.23 bits per heavy atom. The average Bonchev–Trinajstić information content (AvgIpc) is 1.85. The van der Waals surface area contributed by atoms with Gasteiger partial charge in [-0.05, 0) is 0 Å². The Morgan fingerprint density at radius 3 is 1.62 bits per heavy atom. The summed E-state index contributed by atoms with van der Waals surface area (Å²) in [6.45, 7) is 8.18. The molecule has 0 fully saturated rings. The largest absolute Gasteiger partial charge is 1.00 e. The third kappa shape index (κ3) is 76.6.